The Morgan fingerprint density at radius 3 is 1.67 bits per heavy atom. The number of halogens is 1. The zero-order valence-electron chi connectivity index (χ0n) is 21.4. The number of methoxy groups -OCH3 is 1. The molecule has 5 aromatic carbocycles. The van der Waals surface area contributed by atoms with E-state index in [9.17, 15) is 0 Å². The summed E-state index contributed by atoms with van der Waals surface area (Å²) in [6.07, 6.45) is 0. The van der Waals surface area contributed by atoms with Gasteiger partial charge < -0.3 is 10.5 Å². The summed E-state index contributed by atoms with van der Waals surface area (Å²) in [6, 6.07) is 43.8. The van der Waals surface area contributed by atoms with Gasteiger partial charge in [-0.15, -0.1) is 0 Å². The van der Waals surface area contributed by atoms with Crippen LogP contribution in [0.4, 0.5) is 5.69 Å². The average molecular weight is 576 g/mol. The van der Waals surface area contributed by atoms with Crippen LogP contribution in [-0.4, -0.2) is 13.0 Å². The second-order valence-corrected chi connectivity index (χ2v) is 10.6. The zero-order valence-corrected chi connectivity index (χ0v) is 23.0. The van der Waals surface area contributed by atoms with Crippen LogP contribution in [0, 0.1) is 0 Å². The van der Waals surface area contributed by atoms with Gasteiger partial charge in [-0.2, -0.15) is 0 Å². The lowest BCUT2D eigenvalue weighted by Crippen LogP contribution is -2.56. The lowest BCUT2D eigenvalue weighted by molar-refractivity contribution is -0.122. The first kappa shape index (κ1) is 25.1. The van der Waals surface area contributed by atoms with Crippen molar-refractivity contribution in [1.29, 1.82) is 0 Å². The number of carbonyl (C=O) groups is 1. The second-order valence-electron chi connectivity index (χ2n) is 9.65. The maximum Gasteiger partial charge on any atom is 0.257 e. The lowest BCUT2D eigenvalue weighted by atomic mass is 9.75. The van der Waals surface area contributed by atoms with Gasteiger partial charge in [-0.05, 0) is 46.5 Å². The van der Waals surface area contributed by atoms with E-state index in [1.54, 1.807) is 7.11 Å². The van der Waals surface area contributed by atoms with Gasteiger partial charge in [0.05, 0.1) is 12.8 Å². The van der Waals surface area contributed by atoms with Gasteiger partial charge in [-0.1, -0.05) is 125 Å². The molecule has 0 saturated heterocycles. The minimum atomic E-state index is -1.41. The molecule has 1 aliphatic heterocycles. The molecule has 1 unspecified atom stereocenters. The Balaban J connectivity index is 1.72. The number of fused-ring (bicyclic) bond motifs is 1. The molecular formula is C34H27BrN2O2. The summed E-state index contributed by atoms with van der Waals surface area (Å²) >= 11 is 3.67. The van der Waals surface area contributed by atoms with Crippen molar-refractivity contribution in [1.82, 2.24) is 0 Å². The summed E-state index contributed by atoms with van der Waals surface area (Å²) in [6.45, 7) is 0. The standard InChI is InChI=1S/C34H27BrN2O2/c1-39-29-20-17-24(18-21-29)33(36)30-22-19-28(35)23-31(30)37(32(33)38)34(25-11-5-2-6-12-25,26-13-7-3-8-14-26)27-15-9-4-10-16-27/h2-23H,36H2,1H3. The van der Waals surface area contributed by atoms with Crippen molar-refractivity contribution < 1.29 is 9.53 Å². The SMILES string of the molecule is COc1ccc(C2(N)C(=O)N(C(c3ccccc3)(c3ccccc3)c3ccccc3)c3cc(Br)ccc32)cc1. The summed E-state index contributed by atoms with van der Waals surface area (Å²) in [5.74, 6) is 0.491. The third-order valence-electron chi connectivity index (χ3n) is 7.62. The molecule has 4 nitrogen and oxygen atoms in total. The molecule has 1 amide bonds. The van der Waals surface area contributed by atoms with Crippen LogP contribution in [0.2, 0.25) is 0 Å². The van der Waals surface area contributed by atoms with Gasteiger partial charge in [0.15, 0.2) is 0 Å². The number of rotatable bonds is 6. The lowest BCUT2D eigenvalue weighted by Gasteiger charge is -2.44. The molecule has 6 rings (SSSR count). The van der Waals surface area contributed by atoms with Crippen LogP contribution in [0.25, 0.3) is 0 Å². The first-order chi connectivity index (χ1) is 19.0. The van der Waals surface area contributed by atoms with Crippen LogP contribution >= 0.6 is 15.9 Å². The van der Waals surface area contributed by atoms with Crippen LogP contribution in [-0.2, 0) is 15.9 Å². The number of hydrogen-bond acceptors (Lipinski definition) is 3. The molecule has 0 spiro atoms. The van der Waals surface area contributed by atoms with E-state index in [-0.39, 0.29) is 5.91 Å². The Morgan fingerprint density at radius 2 is 1.21 bits per heavy atom. The van der Waals surface area contributed by atoms with E-state index in [1.807, 2.05) is 102 Å². The Kier molecular flexibility index (Phi) is 6.34. The second kappa shape index (κ2) is 9.84. The highest BCUT2D eigenvalue weighted by Gasteiger charge is 2.57. The first-order valence-corrected chi connectivity index (χ1v) is 13.5. The molecule has 0 aromatic heterocycles. The van der Waals surface area contributed by atoms with E-state index < -0.39 is 11.1 Å². The maximum atomic E-state index is 15.1. The van der Waals surface area contributed by atoms with Crippen LogP contribution in [0.3, 0.4) is 0 Å². The predicted octanol–water partition coefficient (Wildman–Crippen LogP) is 7.00. The third-order valence-corrected chi connectivity index (χ3v) is 8.11. The number of ether oxygens (including phenoxy) is 1. The van der Waals surface area contributed by atoms with E-state index in [4.69, 9.17) is 10.5 Å². The fraction of sp³-hybridized carbons (Fsp3) is 0.0882. The molecule has 2 N–H and O–H groups in total. The average Bonchev–Trinajstić information content (AvgIpc) is 3.22. The Bertz CT molecular complexity index is 1530. The summed E-state index contributed by atoms with van der Waals surface area (Å²) in [5.41, 5.74) is 9.92. The number of nitrogens with two attached hydrogens (primary N) is 1. The zero-order chi connectivity index (χ0) is 27.0. The minimum Gasteiger partial charge on any atom is -0.497 e. The van der Waals surface area contributed by atoms with E-state index in [0.717, 1.165) is 32.4 Å². The van der Waals surface area contributed by atoms with Crippen molar-refractivity contribution in [2.24, 2.45) is 5.73 Å². The van der Waals surface area contributed by atoms with Crippen molar-refractivity contribution in [3.63, 3.8) is 0 Å². The van der Waals surface area contributed by atoms with Crippen LogP contribution in [0.5, 0.6) is 5.75 Å². The fourth-order valence-corrected chi connectivity index (χ4v) is 6.16. The van der Waals surface area contributed by atoms with Crippen molar-refractivity contribution in [2.75, 3.05) is 12.0 Å². The molecule has 0 fully saturated rings. The number of carbonyl (C=O) groups excluding carboxylic acids is 1. The quantitative estimate of drug-likeness (QED) is 0.222. The van der Waals surface area contributed by atoms with Crippen molar-refractivity contribution in [3.8, 4) is 5.75 Å². The van der Waals surface area contributed by atoms with Gasteiger partial charge in [0.2, 0.25) is 0 Å². The van der Waals surface area contributed by atoms with E-state index in [2.05, 4.69) is 52.3 Å². The normalized spacial score (nSPS) is 16.7. The molecule has 0 saturated carbocycles. The topological polar surface area (TPSA) is 55.6 Å². The fourth-order valence-electron chi connectivity index (χ4n) is 5.82. The molecule has 39 heavy (non-hydrogen) atoms. The number of nitrogens with zero attached hydrogens (tertiary/aromatic N) is 1. The van der Waals surface area contributed by atoms with Gasteiger partial charge in [-0.3, -0.25) is 9.69 Å². The van der Waals surface area contributed by atoms with E-state index in [1.165, 1.54) is 0 Å². The molecule has 192 valence electrons. The van der Waals surface area contributed by atoms with Gasteiger partial charge in [0, 0.05) is 10.0 Å². The van der Waals surface area contributed by atoms with Crippen LogP contribution < -0.4 is 15.4 Å². The monoisotopic (exact) mass is 574 g/mol. The first-order valence-electron chi connectivity index (χ1n) is 12.8. The van der Waals surface area contributed by atoms with Crippen molar-refractivity contribution in [2.45, 2.75) is 11.1 Å². The Labute approximate surface area is 236 Å². The molecule has 1 aliphatic rings. The molecular weight excluding hydrogens is 548 g/mol. The number of benzene rings is 5. The van der Waals surface area contributed by atoms with E-state index in [0.29, 0.717) is 11.3 Å². The van der Waals surface area contributed by atoms with Crippen LogP contribution in [0.15, 0.2) is 138 Å². The molecule has 1 heterocycles. The molecule has 0 bridgehead atoms. The number of anilines is 1. The Morgan fingerprint density at radius 1 is 0.718 bits per heavy atom. The predicted molar refractivity (Wildman–Crippen MR) is 159 cm³/mol. The summed E-state index contributed by atoms with van der Waals surface area (Å²) in [5, 5.41) is 0. The molecule has 0 radical (unpaired) electrons. The van der Waals surface area contributed by atoms with Gasteiger partial charge in [0.25, 0.3) is 5.91 Å². The summed E-state index contributed by atoms with van der Waals surface area (Å²) in [7, 11) is 1.62. The van der Waals surface area contributed by atoms with Gasteiger partial charge in [-0.25, -0.2) is 0 Å². The van der Waals surface area contributed by atoms with Crippen molar-refractivity contribution >= 4 is 27.5 Å². The van der Waals surface area contributed by atoms with Gasteiger partial charge in [0.1, 0.15) is 16.8 Å². The molecule has 5 heteroatoms. The highest BCUT2D eigenvalue weighted by Crippen LogP contribution is 2.53. The maximum absolute atomic E-state index is 15.1. The summed E-state index contributed by atoms with van der Waals surface area (Å²) < 4.78 is 6.25. The Hall–Kier alpha value is -4.19. The van der Waals surface area contributed by atoms with Crippen LogP contribution in [0.1, 0.15) is 27.8 Å². The molecule has 0 aliphatic carbocycles. The highest BCUT2D eigenvalue weighted by atomic mass is 79.9. The minimum absolute atomic E-state index is 0.211. The molecule has 1 atom stereocenters. The highest BCUT2D eigenvalue weighted by molar-refractivity contribution is 9.10. The third kappa shape index (κ3) is 3.81. The molecule has 5 aromatic rings. The van der Waals surface area contributed by atoms with Crippen molar-refractivity contribution in [3.05, 3.63) is 166 Å². The largest absolute Gasteiger partial charge is 0.497 e. The summed E-state index contributed by atoms with van der Waals surface area (Å²) in [4.78, 5) is 17.0. The smallest absolute Gasteiger partial charge is 0.257 e. The number of amides is 1. The van der Waals surface area contributed by atoms with E-state index >= 15 is 4.79 Å². The number of hydrogen-bond donors (Lipinski definition) is 1. The van der Waals surface area contributed by atoms with Gasteiger partial charge >= 0.3 is 0 Å².